The summed E-state index contributed by atoms with van der Waals surface area (Å²) in [5.74, 6) is 0.268. The Kier molecular flexibility index (Phi) is 7.07. The predicted octanol–water partition coefficient (Wildman–Crippen LogP) is 1.88. The Balaban J connectivity index is 1.71. The van der Waals surface area contributed by atoms with Crippen LogP contribution in [0.2, 0.25) is 0 Å². The Morgan fingerprint density at radius 1 is 0.870 bits per heavy atom. The fraction of sp³-hybridized carbons (Fsp3) is 0.556. The number of nitrogens with two attached hydrogens (primary N) is 1. The lowest BCUT2D eigenvalue weighted by Crippen LogP contribution is -2.50. The van der Waals surface area contributed by atoms with Gasteiger partial charge in [-0.05, 0) is 31.5 Å². The van der Waals surface area contributed by atoms with Crippen LogP contribution in [0.15, 0.2) is 30.3 Å². The van der Waals surface area contributed by atoms with Crippen LogP contribution >= 0.6 is 0 Å². The van der Waals surface area contributed by atoms with Crippen molar-refractivity contribution in [2.24, 2.45) is 5.73 Å². The number of amides is 2. The van der Waals surface area contributed by atoms with Gasteiger partial charge < -0.3 is 15.5 Å². The third-order valence-corrected chi connectivity index (χ3v) is 4.29. The van der Waals surface area contributed by atoms with E-state index in [4.69, 9.17) is 5.73 Å². The van der Waals surface area contributed by atoms with Gasteiger partial charge in [-0.15, -0.1) is 0 Å². The van der Waals surface area contributed by atoms with Crippen LogP contribution in [0.3, 0.4) is 0 Å². The van der Waals surface area contributed by atoms with Gasteiger partial charge in [0.2, 0.25) is 5.91 Å². The smallest absolute Gasteiger partial charge is 0.253 e. The number of hydrogen-bond acceptors (Lipinski definition) is 3. The van der Waals surface area contributed by atoms with Gasteiger partial charge in [0.05, 0.1) is 0 Å². The number of carbonyl (C=O) groups is 2. The van der Waals surface area contributed by atoms with Crippen molar-refractivity contribution in [2.75, 3.05) is 32.7 Å². The van der Waals surface area contributed by atoms with Crippen LogP contribution in [0.5, 0.6) is 0 Å². The van der Waals surface area contributed by atoms with Gasteiger partial charge in [0.25, 0.3) is 5.91 Å². The number of hydrogen-bond donors (Lipinski definition) is 1. The predicted molar refractivity (Wildman–Crippen MR) is 91.1 cm³/mol. The SMILES string of the molecule is NCCCCCCC(=O)N1CCN(C(=O)c2ccccc2)CC1. The van der Waals surface area contributed by atoms with E-state index in [1.165, 1.54) is 0 Å². The minimum Gasteiger partial charge on any atom is -0.339 e. The highest BCUT2D eigenvalue weighted by atomic mass is 16.2. The summed E-state index contributed by atoms with van der Waals surface area (Å²) in [5.41, 5.74) is 6.17. The second kappa shape index (κ2) is 9.30. The number of carbonyl (C=O) groups excluding carboxylic acids is 2. The molecule has 2 amide bonds. The third-order valence-electron chi connectivity index (χ3n) is 4.29. The molecule has 0 saturated carbocycles. The molecule has 5 nitrogen and oxygen atoms in total. The minimum atomic E-state index is 0.0551. The molecule has 2 N–H and O–H groups in total. The standard InChI is InChI=1S/C18H27N3O2/c19-11-7-2-1-6-10-17(22)20-12-14-21(15-13-20)18(23)16-8-4-3-5-9-16/h3-5,8-9H,1-2,6-7,10-15,19H2. The van der Waals surface area contributed by atoms with Gasteiger partial charge in [0, 0.05) is 38.2 Å². The molecular formula is C18H27N3O2. The molecule has 1 aliphatic heterocycles. The van der Waals surface area contributed by atoms with Crippen LogP contribution in [-0.4, -0.2) is 54.3 Å². The molecule has 1 fully saturated rings. The van der Waals surface area contributed by atoms with Gasteiger partial charge in [-0.25, -0.2) is 0 Å². The van der Waals surface area contributed by atoms with E-state index in [0.29, 0.717) is 38.2 Å². The summed E-state index contributed by atoms with van der Waals surface area (Å²) in [7, 11) is 0. The van der Waals surface area contributed by atoms with Crippen molar-refractivity contribution < 1.29 is 9.59 Å². The van der Waals surface area contributed by atoms with Crippen molar-refractivity contribution in [3.63, 3.8) is 0 Å². The van der Waals surface area contributed by atoms with Crippen molar-refractivity contribution in [3.8, 4) is 0 Å². The molecule has 23 heavy (non-hydrogen) atoms. The quantitative estimate of drug-likeness (QED) is 0.781. The second-order valence-corrected chi connectivity index (χ2v) is 5.99. The molecule has 0 unspecified atom stereocenters. The molecule has 2 rings (SSSR count). The highest BCUT2D eigenvalue weighted by Crippen LogP contribution is 2.11. The molecule has 1 aliphatic rings. The molecule has 1 saturated heterocycles. The maximum atomic E-state index is 12.4. The topological polar surface area (TPSA) is 66.6 Å². The maximum Gasteiger partial charge on any atom is 0.253 e. The number of rotatable bonds is 7. The second-order valence-electron chi connectivity index (χ2n) is 5.99. The molecule has 0 aliphatic carbocycles. The van der Waals surface area contributed by atoms with Gasteiger partial charge in [-0.3, -0.25) is 9.59 Å². The molecule has 126 valence electrons. The van der Waals surface area contributed by atoms with Gasteiger partial charge in [0.15, 0.2) is 0 Å². The molecular weight excluding hydrogens is 290 g/mol. The van der Waals surface area contributed by atoms with Gasteiger partial charge in [-0.1, -0.05) is 31.0 Å². The molecule has 0 bridgehead atoms. The van der Waals surface area contributed by atoms with Crippen LogP contribution in [0, 0.1) is 0 Å². The first-order valence-corrected chi connectivity index (χ1v) is 8.54. The van der Waals surface area contributed by atoms with E-state index in [9.17, 15) is 9.59 Å². The fourth-order valence-corrected chi connectivity index (χ4v) is 2.85. The molecule has 5 heteroatoms. The van der Waals surface area contributed by atoms with Crippen molar-refractivity contribution in [3.05, 3.63) is 35.9 Å². The zero-order chi connectivity index (χ0) is 16.5. The fourth-order valence-electron chi connectivity index (χ4n) is 2.85. The van der Waals surface area contributed by atoms with Crippen molar-refractivity contribution in [1.29, 1.82) is 0 Å². The highest BCUT2D eigenvalue weighted by molar-refractivity contribution is 5.94. The summed E-state index contributed by atoms with van der Waals surface area (Å²) in [6.45, 7) is 3.24. The van der Waals surface area contributed by atoms with Crippen LogP contribution < -0.4 is 5.73 Å². The van der Waals surface area contributed by atoms with Gasteiger partial charge >= 0.3 is 0 Å². The number of benzene rings is 1. The third kappa shape index (κ3) is 5.36. The first kappa shape index (κ1) is 17.5. The summed E-state index contributed by atoms with van der Waals surface area (Å²) in [4.78, 5) is 28.3. The van der Waals surface area contributed by atoms with Gasteiger partial charge in [-0.2, -0.15) is 0 Å². The summed E-state index contributed by atoms with van der Waals surface area (Å²) < 4.78 is 0. The Hall–Kier alpha value is -1.88. The summed E-state index contributed by atoms with van der Waals surface area (Å²) in [6, 6.07) is 9.32. The zero-order valence-electron chi connectivity index (χ0n) is 13.7. The van der Waals surface area contributed by atoms with Gasteiger partial charge in [0.1, 0.15) is 0 Å². The first-order valence-electron chi connectivity index (χ1n) is 8.54. The van der Waals surface area contributed by atoms with E-state index < -0.39 is 0 Å². The average Bonchev–Trinajstić information content (AvgIpc) is 2.61. The van der Waals surface area contributed by atoms with E-state index in [1.54, 1.807) is 0 Å². The monoisotopic (exact) mass is 317 g/mol. The Labute approximate surface area is 138 Å². The van der Waals surface area contributed by atoms with Crippen molar-refractivity contribution in [2.45, 2.75) is 32.1 Å². The van der Waals surface area contributed by atoms with Crippen LogP contribution in [0.1, 0.15) is 42.5 Å². The van der Waals surface area contributed by atoms with E-state index in [-0.39, 0.29) is 11.8 Å². The summed E-state index contributed by atoms with van der Waals surface area (Å²) in [6.07, 6.45) is 4.74. The molecule has 1 aromatic carbocycles. The summed E-state index contributed by atoms with van der Waals surface area (Å²) in [5, 5.41) is 0. The molecule has 1 aromatic rings. The Morgan fingerprint density at radius 3 is 2.13 bits per heavy atom. The van der Waals surface area contributed by atoms with E-state index in [0.717, 1.165) is 32.2 Å². The lowest BCUT2D eigenvalue weighted by molar-refractivity contribution is -0.132. The molecule has 0 spiro atoms. The van der Waals surface area contributed by atoms with Crippen molar-refractivity contribution in [1.82, 2.24) is 9.80 Å². The van der Waals surface area contributed by atoms with E-state index in [2.05, 4.69) is 0 Å². The zero-order valence-corrected chi connectivity index (χ0v) is 13.7. The molecule has 0 atom stereocenters. The molecule has 1 heterocycles. The lowest BCUT2D eigenvalue weighted by Gasteiger charge is -2.35. The number of nitrogens with zero attached hydrogens (tertiary/aromatic N) is 2. The van der Waals surface area contributed by atoms with Crippen LogP contribution in [0.25, 0.3) is 0 Å². The maximum absolute atomic E-state index is 12.4. The molecule has 0 aromatic heterocycles. The summed E-state index contributed by atoms with van der Waals surface area (Å²) >= 11 is 0. The Morgan fingerprint density at radius 2 is 1.48 bits per heavy atom. The van der Waals surface area contributed by atoms with Crippen LogP contribution in [0.4, 0.5) is 0 Å². The normalized spacial score (nSPS) is 14.8. The first-order chi connectivity index (χ1) is 11.2. The Bertz CT molecular complexity index is 496. The molecule has 0 radical (unpaired) electrons. The lowest BCUT2D eigenvalue weighted by atomic mass is 10.1. The average molecular weight is 317 g/mol. The minimum absolute atomic E-state index is 0.0551. The van der Waals surface area contributed by atoms with Crippen LogP contribution in [-0.2, 0) is 4.79 Å². The van der Waals surface area contributed by atoms with E-state index in [1.807, 2.05) is 40.1 Å². The van der Waals surface area contributed by atoms with E-state index >= 15 is 0 Å². The highest BCUT2D eigenvalue weighted by Gasteiger charge is 2.24. The largest absolute Gasteiger partial charge is 0.339 e. The van der Waals surface area contributed by atoms with Crippen molar-refractivity contribution >= 4 is 11.8 Å². The number of piperazine rings is 1. The number of unbranched alkanes of at least 4 members (excludes halogenated alkanes) is 3.